The lowest BCUT2D eigenvalue weighted by Crippen LogP contribution is -2.53. The number of nitrogens with zero attached hydrogens (tertiary/aromatic N) is 1. The Hall–Kier alpha value is -1.32. The Morgan fingerprint density at radius 3 is 2.55 bits per heavy atom. The van der Waals surface area contributed by atoms with Crippen molar-refractivity contribution in [3.63, 3.8) is 0 Å². The molecule has 170 valence electrons. The summed E-state index contributed by atoms with van der Waals surface area (Å²) in [5.74, 6) is 0.0772. The van der Waals surface area contributed by atoms with Crippen LogP contribution < -0.4 is 10.6 Å². The summed E-state index contributed by atoms with van der Waals surface area (Å²) in [5.41, 5.74) is 0. The van der Waals surface area contributed by atoms with E-state index >= 15 is 0 Å². The molecule has 0 aromatic rings. The molecule has 9 heteroatoms. The van der Waals surface area contributed by atoms with Gasteiger partial charge >= 0.3 is 0 Å². The first-order valence-electron chi connectivity index (χ1n) is 11.4. The third kappa shape index (κ3) is 5.54. The fourth-order valence-corrected chi connectivity index (χ4v) is 8.28. The van der Waals surface area contributed by atoms with E-state index in [2.05, 4.69) is 10.6 Å². The zero-order valence-corrected chi connectivity index (χ0v) is 19.3. The van der Waals surface area contributed by atoms with Gasteiger partial charge in [-0.05, 0) is 51.0 Å². The summed E-state index contributed by atoms with van der Waals surface area (Å²) in [5, 5.41) is 7.64. The number of nitrogens with one attached hydrogen (secondary N) is 2. The third-order valence-corrected chi connectivity index (χ3v) is 10.5. The molecule has 0 bridgehead atoms. The fraction of sp³-hybridized carbons (Fsp3) is 0.727. The molecule has 2 N–H and O–H groups in total. The van der Waals surface area contributed by atoms with Crippen LogP contribution in [0.15, 0.2) is 12.2 Å². The van der Waals surface area contributed by atoms with Crippen molar-refractivity contribution >= 4 is 45.1 Å². The number of hydrogen-bond acceptors (Lipinski definition) is 7. The second-order valence-corrected chi connectivity index (χ2v) is 11.6. The molecular weight excluding hydrogens is 434 g/mol. The monoisotopic (exact) mass is 465 g/mol. The number of rotatable bonds is 10. The molecule has 0 aromatic carbocycles. The Labute approximate surface area is 191 Å². The highest BCUT2D eigenvalue weighted by molar-refractivity contribution is 8.80. The van der Waals surface area contributed by atoms with Crippen LogP contribution in [-0.4, -0.2) is 64.1 Å². The molecule has 4 aliphatic rings. The molecule has 0 radical (unpaired) electrons. The van der Waals surface area contributed by atoms with Gasteiger partial charge in [-0.2, -0.15) is 0 Å². The second-order valence-electron chi connectivity index (χ2n) is 8.90. The molecule has 4 rings (SSSR count). The Kier molecular flexibility index (Phi) is 7.77. The van der Waals surface area contributed by atoms with E-state index in [1.54, 1.807) is 0 Å². The van der Waals surface area contributed by atoms with Crippen molar-refractivity contribution in [2.75, 3.05) is 13.1 Å². The number of fused-ring (bicyclic) bond motifs is 1. The number of amides is 3. The highest BCUT2D eigenvalue weighted by Crippen LogP contribution is 2.57. The summed E-state index contributed by atoms with van der Waals surface area (Å²) in [6, 6.07) is 0.0810. The summed E-state index contributed by atoms with van der Waals surface area (Å²) in [4.78, 5) is 49.7. The van der Waals surface area contributed by atoms with Gasteiger partial charge in [0.05, 0.1) is 6.04 Å². The van der Waals surface area contributed by atoms with Gasteiger partial charge in [0.1, 0.15) is 5.78 Å². The van der Waals surface area contributed by atoms with Gasteiger partial charge in [-0.3, -0.25) is 24.1 Å². The number of unbranched alkanes of at least 4 members (excludes halogenated alkanes) is 2. The maximum atomic E-state index is 12.8. The van der Waals surface area contributed by atoms with Crippen LogP contribution >= 0.6 is 21.6 Å². The van der Waals surface area contributed by atoms with E-state index in [-0.39, 0.29) is 35.7 Å². The summed E-state index contributed by atoms with van der Waals surface area (Å²) < 4.78 is 0. The van der Waals surface area contributed by atoms with E-state index in [9.17, 15) is 19.2 Å². The van der Waals surface area contributed by atoms with Gasteiger partial charge in [-0.15, -0.1) is 0 Å². The van der Waals surface area contributed by atoms with E-state index in [4.69, 9.17) is 0 Å². The quantitative estimate of drug-likeness (QED) is 0.290. The molecule has 3 fully saturated rings. The van der Waals surface area contributed by atoms with Crippen LogP contribution in [0, 0.1) is 5.92 Å². The van der Waals surface area contributed by atoms with Crippen LogP contribution in [0.2, 0.25) is 0 Å². The van der Waals surface area contributed by atoms with Crippen molar-refractivity contribution in [3.8, 4) is 0 Å². The Balaban J connectivity index is 1.20. The van der Waals surface area contributed by atoms with Gasteiger partial charge in [0.15, 0.2) is 0 Å². The van der Waals surface area contributed by atoms with Crippen LogP contribution in [0.5, 0.6) is 0 Å². The number of carbonyl (C=O) groups is 4. The molecule has 1 aliphatic carbocycles. The van der Waals surface area contributed by atoms with E-state index < -0.39 is 0 Å². The Morgan fingerprint density at radius 2 is 1.87 bits per heavy atom. The number of imide groups is 1. The van der Waals surface area contributed by atoms with Gasteiger partial charge in [0, 0.05) is 48.1 Å². The van der Waals surface area contributed by atoms with Crippen LogP contribution in [0.3, 0.4) is 0 Å². The molecule has 0 spiro atoms. The number of ketones is 1. The lowest BCUT2D eigenvalue weighted by Gasteiger charge is -2.48. The van der Waals surface area contributed by atoms with Crippen molar-refractivity contribution < 1.29 is 19.2 Å². The Morgan fingerprint density at radius 1 is 1.06 bits per heavy atom. The average Bonchev–Trinajstić information content (AvgIpc) is 3.36. The van der Waals surface area contributed by atoms with Crippen molar-refractivity contribution in [2.45, 2.75) is 80.4 Å². The normalized spacial score (nSPS) is 32.1. The highest BCUT2D eigenvalue weighted by Gasteiger charge is 2.47. The number of hydrogen-bond donors (Lipinski definition) is 2. The number of carbonyl (C=O) groups excluding carboxylic acids is 4. The van der Waals surface area contributed by atoms with Gasteiger partial charge in [0.2, 0.25) is 5.91 Å². The largest absolute Gasteiger partial charge is 0.353 e. The molecule has 3 aliphatic heterocycles. The fourth-order valence-electron chi connectivity index (χ4n) is 4.98. The topological polar surface area (TPSA) is 95.6 Å². The molecule has 0 aromatic heterocycles. The molecule has 3 heterocycles. The van der Waals surface area contributed by atoms with Crippen molar-refractivity contribution in [1.29, 1.82) is 0 Å². The van der Waals surface area contributed by atoms with Crippen molar-refractivity contribution in [3.05, 3.63) is 12.2 Å². The average molecular weight is 466 g/mol. The maximum absolute atomic E-state index is 12.8. The maximum Gasteiger partial charge on any atom is 0.253 e. The molecule has 7 nitrogen and oxygen atoms in total. The van der Waals surface area contributed by atoms with Crippen LogP contribution in [0.25, 0.3) is 0 Å². The first kappa shape index (κ1) is 22.9. The van der Waals surface area contributed by atoms with Gasteiger partial charge in [0.25, 0.3) is 11.8 Å². The lowest BCUT2D eigenvalue weighted by molar-refractivity contribution is -0.137. The summed E-state index contributed by atoms with van der Waals surface area (Å²) >= 11 is 0. The van der Waals surface area contributed by atoms with Crippen molar-refractivity contribution in [2.24, 2.45) is 5.92 Å². The van der Waals surface area contributed by atoms with Crippen LogP contribution in [0.4, 0.5) is 0 Å². The standard InChI is InChI=1S/C22H31N3O4S2/c26-17(16-5-4-11-23-16)13-14-15(7-8-18-22(14)31-30-18)24-19(27)6-2-1-3-12-25-20(28)9-10-21(25)29/h9-10,14-16,18,22-23H,1-8,11-13H2,(H,24,27)/t14?,15?,16-,18?,22?/m0/s1. The Bertz CT molecular complexity index is 735. The molecule has 2 saturated heterocycles. The molecule has 4 unspecified atom stereocenters. The van der Waals surface area contributed by atoms with Crippen molar-refractivity contribution in [1.82, 2.24) is 15.5 Å². The zero-order chi connectivity index (χ0) is 21.8. The first-order valence-corrected chi connectivity index (χ1v) is 13.7. The second kappa shape index (κ2) is 10.5. The molecule has 31 heavy (non-hydrogen) atoms. The SMILES string of the molecule is O=C(CCCCCN1C(=O)C=CC1=O)NC1CCC2SSC2C1CC(=O)[C@@H]1CCCN1. The molecule has 5 atom stereocenters. The van der Waals surface area contributed by atoms with E-state index in [0.717, 1.165) is 45.1 Å². The predicted octanol–water partition coefficient (Wildman–Crippen LogP) is 2.21. The third-order valence-electron chi connectivity index (χ3n) is 6.78. The van der Waals surface area contributed by atoms with Gasteiger partial charge in [-0.1, -0.05) is 28.0 Å². The van der Waals surface area contributed by atoms with Gasteiger partial charge in [-0.25, -0.2) is 0 Å². The highest BCUT2D eigenvalue weighted by atomic mass is 33.1. The van der Waals surface area contributed by atoms with Crippen LogP contribution in [0.1, 0.15) is 57.8 Å². The minimum absolute atomic E-state index is 0.000900. The zero-order valence-electron chi connectivity index (χ0n) is 17.7. The predicted molar refractivity (Wildman–Crippen MR) is 122 cm³/mol. The first-order chi connectivity index (χ1) is 15.0. The molecular formula is C22H31N3O4S2. The van der Waals surface area contributed by atoms with E-state index in [1.807, 2.05) is 21.6 Å². The lowest BCUT2D eigenvalue weighted by atomic mass is 9.79. The van der Waals surface area contributed by atoms with Crippen LogP contribution in [-0.2, 0) is 19.2 Å². The molecule has 3 amide bonds. The molecule has 1 saturated carbocycles. The van der Waals surface area contributed by atoms with E-state index in [1.165, 1.54) is 17.1 Å². The summed E-state index contributed by atoms with van der Waals surface area (Å²) in [7, 11) is 3.80. The summed E-state index contributed by atoms with van der Waals surface area (Å²) in [6.45, 7) is 1.33. The minimum Gasteiger partial charge on any atom is -0.353 e. The van der Waals surface area contributed by atoms with E-state index in [0.29, 0.717) is 42.1 Å². The minimum atomic E-state index is -0.251. The smallest absolute Gasteiger partial charge is 0.253 e. The number of Topliss-reactive ketones (excluding diaryl/α,β-unsaturated/α-hetero) is 1. The van der Waals surface area contributed by atoms with Gasteiger partial charge < -0.3 is 10.6 Å². The summed E-state index contributed by atoms with van der Waals surface area (Å²) in [6.07, 6.45) is 9.88.